The van der Waals surface area contributed by atoms with Crippen molar-refractivity contribution < 1.29 is 9.47 Å². The molecule has 0 spiro atoms. The van der Waals surface area contributed by atoms with Gasteiger partial charge in [0.1, 0.15) is 0 Å². The molecular formula is C11H23NO2. The number of methoxy groups -OCH3 is 1. The minimum Gasteiger partial charge on any atom is -0.379 e. The summed E-state index contributed by atoms with van der Waals surface area (Å²) < 4.78 is 11.1. The molecule has 1 aliphatic carbocycles. The number of ether oxygens (including phenoxy) is 2. The summed E-state index contributed by atoms with van der Waals surface area (Å²) in [6.45, 7) is 3.62. The summed E-state index contributed by atoms with van der Waals surface area (Å²) in [7, 11) is 1.78. The summed E-state index contributed by atoms with van der Waals surface area (Å²) in [6, 6.07) is 0. The second-order valence-electron chi connectivity index (χ2n) is 4.02. The summed E-state index contributed by atoms with van der Waals surface area (Å²) in [5.41, 5.74) is 5.57. The van der Waals surface area contributed by atoms with E-state index in [0.29, 0.717) is 6.10 Å². The summed E-state index contributed by atoms with van der Waals surface area (Å²) in [5.74, 6) is 0.738. The van der Waals surface area contributed by atoms with Crippen molar-refractivity contribution in [2.45, 2.75) is 44.8 Å². The van der Waals surface area contributed by atoms with E-state index in [-0.39, 0.29) is 6.10 Å². The lowest BCUT2D eigenvalue weighted by Gasteiger charge is -2.34. The third kappa shape index (κ3) is 3.23. The average Bonchev–Trinajstić information content (AvgIpc) is 2.21. The Bertz CT molecular complexity index is 152. The van der Waals surface area contributed by atoms with Crippen LogP contribution < -0.4 is 5.73 Å². The maximum Gasteiger partial charge on any atom is 0.0836 e. The van der Waals surface area contributed by atoms with Crippen LogP contribution in [0.2, 0.25) is 0 Å². The molecular weight excluding hydrogens is 178 g/mol. The average molecular weight is 201 g/mol. The first-order valence-electron chi connectivity index (χ1n) is 5.66. The highest BCUT2D eigenvalue weighted by Crippen LogP contribution is 2.30. The van der Waals surface area contributed by atoms with Gasteiger partial charge in [0.05, 0.1) is 12.2 Å². The highest BCUT2D eigenvalue weighted by atomic mass is 16.5. The van der Waals surface area contributed by atoms with E-state index in [9.17, 15) is 0 Å². The molecule has 1 fully saturated rings. The molecule has 0 aromatic heterocycles. The van der Waals surface area contributed by atoms with E-state index in [4.69, 9.17) is 15.2 Å². The van der Waals surface area contributed by atoms with E-state index < -0.39 is 0 Å². The lowest BCUT2D eigenvalue weighted by molar-refractivity contribution is -0.0846. The quantitative estimate of drug-likeness (QED) is 0.734. The first kappa shape index (κ1) is 12.0. The molecule has 1 aliphatic rings. The normalized spacial score (nSPS) is 33.2. The van der Waals surface area contributed by atoms with Gasteiger partial charge in [0.25, 0.3) is 0 Å². The highest BCUT2D eigenvalue weighted by molar-refractivity contribution is 4.81. The summed E-state index contributed by atoms with van der Waals surface area (Å²) in [6.07, 6.45) is 5.18. The Morgan fingerprint density at radius 2 is 2.07 bits per heavy atom. The fourth-order valence-corrected chi connectivity index (χ4v) is 2.33. The van der Waals surface area contributed by atoms with Gasteiger partial charge in [0, 0.05) is 13.7 Å². The molecule has 1 saturated carbocycles. The van der Waals surface area contributed by atoms with E-state index in [1.54, 1.807) is 7.11 Å². The first-order chi connectivity index (χ1) is 6.81. The summed E-state index contributed by atoms with van der Waals surface area (Å²) >= 11 is 0. The van der Waals surface area contributed by atoms with Crippen molar-refractivity contribution in [3.05, 3.63) is 0 Å². The van der Waals surface area contributed by atoms with Crippen molar-refractivity contribution >= 4 is 0 Å². The van der Waals surface area contributed by atoms with Gasteiger partial charge in [-0.2, -0.15) is 0 Å². The minimum absolute atomic E-state index is 0.278. The third-order valence-corrected chi connectivity index (χ3v) is 3.10. The van der Waals surface area contributed by atoms with Crippen molar-refractivity contribution in [2.75, 3.05) is 20.3 Å². The molecule has 3 atom stereocenters. The van der Waals surface area contributed by atoms with Gasteiger partial charge in [-0.3, -0.25) is 0 Å². The lowest BCUT2D eigenvalue weighted by Crippen LogP contribution is -2.37. The molecule has 14 heavy (non-hydrogen) atoms. The fourth-order valence-electron chi connectivity index (χ4n) is 2.33. The van der Waals surface area contributed by atoms with Gasteiger partial charge >= 0.3 is 0 Å². The Morgan fingerprint density at radius 1 is 1.29 bits per heavy atom. The van der Waals surface area contributed by atoms with Crippen molar-refractivity contribution in [1.82, 2.24) is 0 Å². The molecule has 0 amide bonds. The van der Waals surface area contributed by atoms with Crippen LogP contribution in [0.5, 0.6) is 0 Å². The Labute approximate surface area is 86.9 Å². The summed E-state index contributed by atoms with van der Waals surface area (Å²) in [4.78, 5) is 0. The molecule has 0 aromatic carbocycles. The van der Waals surface area contributed by atoms with E-state index in [2.05, 4.69) is 0 Å². The van der Waals surface area contributed by atoms with Crippen LogP contribution in [0.1, 0.15) is 32.6 Å². The first-order valence-corrected chi connectivity index (χ1v) is 5.66. The van der Waals surface area contributed by atoms with Crippen molar-refractivity contribution in [2.24, 2.45) is 11.7 Å². The van der Waals surface area contributed by atoms with Gasteiger partial charge in [0.15, 0.2) is 0 Å². The number of nitrogens with two attached hydrogens (primary N) is 1. The van der Waals surface area contributed by atoms with E-state index in [1.807, 2.05) is 6.92 Å². The number of hydrogen-bond acceptors (Lipinski definition) is 3. The van der Waals surface area contributed by atoms with Crippen LogP contribution in [0.15, 0.2) is 0 Å². The van der Waals surface area contributed by atoms with Crippen LogP contribution in [0.3, 0.4) is 0 Å². The van der Waals surface area contributed by atoms with E-state index in [0.717, 1.165) is 38.3 Å². The molecule has 0 saturated heterocycles. The Morgan fingerprint density at radius 3 is 2.64 bits per heavy atom. The molecule has 84 valence electrons. The molecule has 1 rings (SSSR count). The smallest absolute Gasteiger partial charge is 0.0836 e. The second-order valence-corrected chi connectivity index (χ2v) is 4.02. The predicted molar refractivity (Wildman–Crippen MR) is 57.2 cm³/mol. The maximum atomic E-state index is 5.66. The zero-order chi connectivity index (χ0) is 10.4. The summed E-state index contributed by atoms with van der Waals surface area (Å²) in [5, 5.41) is 0. The van der Waals surface area contributed by atoms with Crippen LogP contribution in [-0.4, -0.2) is 32.5 Å². The van der Waals surface area contributed by atoms with Crippen molar-refractivity contribution in [1.29, 1.82) is 0 Å². The molecule has 3 heteroatoms. The minimum atomic E-state index is 0.278. The third-order valence-electron chi connectivity index (χ3n) is 3.10. The van der Waals surface area contributed by atoms with Gasteiger partial charge in [0.2, 0.25) is 0 Å². The molecule has 0 heterocycles. The molecule has 0 aliphatic heterocycles. The second kappa shape index (κ2) is 6.38. The molecule has 2 N–H and O–H groups in total. The van der Waals surface area contributed by atoms with Gasteiger partial charge in [-0.05, 0) is 45.1 Å². The van der Waals surface area contributed by atoms with Gasteiger partial charge in [-0.25, -0.2) is 0 Å². The van der Waals surface area contributed by atoms with Gasteiger partial charge < -0.3 is 15.2 Å². The molecule has 3 unspecified atom stereocenters. The van der Waals surface area contributed by atoms with Crippen LogP contribution in [-0.2, 0) is 9.47 Å². The van der Waals surface area contributed by atoms with Crippen LogP contribution in [0.25, 0.3) is 0 Å². The number of hydrogen-bond donors (Lipinski definition) is 1. The monoisotopic (exact) mass is 201 g/mol. The van der Waals surface area contributed by atoms with Crippen molar-refractivity contribution in [3.8, 4) is 0 Å². The predicted octanol–water partition coefficient (Wildman–Crippen LogP) is 1.56. The molecule has 0 bridgehead atoms. The fraction of sp³-hybridized carbons (Fsp3) is 1.00. The molecule has 0 aromatic rings. The zero-order valence-corrected chi connectivity index (χ0v) is 9.37. The van der Waals surface area contributed by atoms with E-state index >= 15 is 0 Å². The van der Waals surface area contributed by atoms with Crippen LogP contribution >= 0.6 is 0 Å². The maximum absolute atomic E-state index is 5.66. The largest absolute Gasteiger partial charge is 0.379 e. The van der Waals surface area contributed by atoms with Gasteiger partial charge in [-0.1, -0.05) is 0 Å². The van der Waals surface area contributed by atoms with Crippen molar-refractivity contribution in [3.63, 3.8) is 0 Å². The topological polar surface area (TPSA) is 44.5 Å². The number of rotatable bonds is 5. The zero-order valence-electron chi connectivity index (χ0n) is 9.37. The lowest BCUT2D eigenvalue weighted by atomic mass is 9.83. The van der Waals surface area contributed by atoms with E-state index in [1.165, 1.54) is 6.42 Å². The molecule has 3 nitrogen and oxygen atoms in total. The van der Waals surface area contributed by atoms with Crippen LogP contribution in [0.4, 0.5) is 0 Å². The SMILES string of the molecule is CCOC1CCC(CCN)CC1OC. The molecule has 0 radical (unpaired) electrons. The van der Waals surface area contributed by atoms with Crippen LogP contribution in [0, 0.1) is 5.92 Å². The highest BCUT2D eigenvalue weighted by Gasteiger charge is 2.30. The van der Waals surface area contributed by atoms with Gasteiger partial charge in [-0.15, -0.1) is 0 Å². The Kier molecular flexibility index (Phi) is 5.45. The standard InChI is InChI=1S/C11H23NO2/c1-3-14-10-5-4-9(6-7-12)8-11(10)13-2/h9-11H,3-8,12H2,1-2H3. The Balaban J connectivity index is 2.37. The Hall–Kier alpha value is -0.120.